The number of rotatable bonds is 4. The average Bonchev–Trinajstić information content (AvgIpc) is 2.96. The van der Waals surface area contributed by atoms with E-state index in [9.17, 15) is 10.2 Å². The maximum Gasteiger partial charge on any atom is 0.128 e. The van der Waals surface area contributed by atoms with Crippen LogP contribution in [0.4, 0.5) is 5.69 Å². The Labute approximate surface area is 145 Å². The van der Waals surface area contributed by atoms with Crippen molar-refractivity contribution in [3.63, 3.8) is 0 Å². The van der Waals surface area contributed by atoms with E-state index in [1.54, 1.807) is 6.07 Å². The molecule has 0 saturated carbocycles. The number of hydrogen-bond donors (Lipinski definition) is 5. The number of aryl methyl sites for hydroxylation is 1. The minimum absolute atomic E-state index is 0.00676. The first-order valence-electron chi connectivity index (χ1n) is 7.65. The van der Waals surface area contributed by atoms with Crippen LogP contribution in [-0.2, 0) is 6.42 Å². The lowest BCUT2D eigenvalue weighted by Gasteiger charge is -2.11. The van der Waals surface area contributed by atoms with Crippen LogP contribution in [0.2, 0.25) is 0 Å². The second-order valence-electron chi connectivity index (χ2n) is 5.48. The number of aromatic hydroxyl groups is 2. The molecular weight excluding hydrogens is 322 g/mol. The summed E-state index contributed by atoms with van der Waals surface area (Å²) in [6.45, 7) is 1.95. The third kappa shape index (κ3) is 2.80. The quantitative estimate of drug-likeness (QED) is 0.464. The summed E-state index contributed by atoms with van der Waals surface area (Å²) in [7, 11) is 1.86. The number of phenols is 2. The Balaban J connectivity index is 2.21. The molecule has 124 valence electrons. The second kappa shape index (κ2) is 6.49. The molecule has 0 aliphatic heterocycles. The fourth-order valence-corrected chi connectivity index (χ4v) is 3.03. The standard InChI is InChI=1S/C18H19N3O2S/c1-3-10-8-13(15(23)9-14(10)22)17-16(18(24)21-20-17)11-5-4-6-12(7-11)19-2/h4-9,19,22-23H,3H2,1-2H3,(H2,20,21,24). The highest BCUT2D eigenvalue weighted by Crippen LogP contribution is 2.41. The average molecular weight is 341 g/mol. The molecule has 0 radical (unpaired) electrons. The molecule has 24 heavy (non-hydrogen) atoms. The Morgan fingerprint density at radius 1 is 1.17 bits per heavy atom. The molecule has 0 fully saturated rings. The van der Waals surface area contributed by atoms with Gasteiger partial charge in [0, 0.05) is 29.9 Å². The summed E-state index contributed by atoms with van der Waals surface area (Å²) < 4.78 is 0. The first kappa shape index (κ1) is 16.3. The zero-order chi connectivity index (χ0) is 17.3. The number of nitrogens with one attached hydrogen (secondary N) is 2. The van der Waals surface area contributed by atoms with Crippen molar-refractivity contribution in [3.05, 3.63) is 42.0 Å². The minimum Gasteiger partial charge on any atom is -0.508 e. The lowest BCUT2D eigenvalue weighted by molar-refractivity contribution is 0.447. The smallest absolute Gasteiger partial charge is 0.128 e. The SMILES string of the molecule is CCc1cc(-c2[nH]nc(S)c2-c2cccc(NC)c2)c(O)cc1O. The molecule has 5 nitrogen and oxygen atoms in total. The van der Waals surface area contributed by atoms with Gasteiger partial charge < -0.3 is 15.5 Å². The molecule has 0 unspecified atom stereocenters. The topological polar surface area (TPSA) is 81.2 Å². The maximum atomic E-state index is 10.3. The molecule has 4 N–H and O–H groups in total. The van der Waals surface area contributed by atoms with Crippen molar-refractivity contribution in [1.82, 2.24) is 10.2 Å². The number of nitrogens with zero attached hydrogens (tertiary/aromatic N) is 1. The number of hydrogen-bond acceptors (Lipinski definition) is 5. The van der Waals surface area contributed by atoms with Crippen molar-refractivity contribution >= 4 is 18.3 Å². The van der Waals surface area contributed by atoms with E-state index in [4.69, 9.17) is 0 Å². The highest BCUT2D eigenvalue weighted by molar-refractivity contribution is 7.80. The third-order valence-electron chi connectivity index (χ3n) is 4.03. The van der Waals surface area contributed by atoms with Crippen LogP contribution in [0.5, 0.6) is 11.5 Å². The van der Waals surface area contributed by atoms with E-state index in [0.717, 1.165) is 22.4 Å². The zero-order valence-corrected chi connectivity index (χ0v) is 14.4. The van der Waals surface area contributed by atoms with Gasteiger partial charge in [0.25, 0.3) is 0 Å². The van der Waals surface area contributed by atoms with E-state index >= 15 is 0 Å². The van der Waals surface area contributed by atoms with Crippen LogP contribution in [0.25, 0.3) is 22.4 Å². The van der Waals surface area contributed by atoms with Crippen molar-refractivity contribution in [2.75, 3.05) is 12.4 Å². The van der Waals surface area contributed by atoms with E-state index in [1.165, 1.54) is 6.07 Å². The zero-order valence-electron chi connectivity index (χ0n) is 13.5. The summed E-state index contributed by atoms with van der Waals surface area (Å²) in [5.74, 6) is 0.0794. The minimum atomic E-state index is -0.00676. The molecule has 1 aromatic heterocycles. The highest BCUT2D eigenvalue weighted by atomic mass is 32.1. The number of H-pyrrole nitrogens is 1. The molecule has 6 heteroatoms. The van der Waals surface area contributed by atoms with Crippen LogP contribution < -0.4 is 5.32 Å². The second-order valence-corrected chi connectivity index (χ2v) is 5.90. The van der Waals surface area contributed by atoms with Crippen LogP contribution in [0.1, 0.15) is 12.5 Å². The molecule has 0 bridgehead atoms. The van der Waals surface area contributed by atoms with Crippen LogP contribution >= 0.6 is 12.6 Å². The normalized spacial score (nSPS) is 10.8. The Hall–Kier alpha value is -2.60. The van der Waals surface area contributed by atoms with E-state index in [2.05, 4.69) is 28.1 Å². The summed E-state index contributed by atoms with van der Waals surface area (Å²) in [5.41, 5.74) is 4.71. The van der Waals surface area contributed by atoms with Gasteiger partial charge in [-0.25, -0.2) is 0 Å². The van der Waals surface area contributed by atoms with Crippen LogP contribution in [0, 0.1) is 0 Å². The van der Waals surface area contributed by atoms with Crippen molar-refractivity contribution < 1.29 is 10.2 Å². The van der Waals surface area contributed by atoms with E-state index in [-0.39, 0.29) is 11.5 Å². The molecule has 0 saturated heterocycles. The molecule has 1 heterocycles. The summed E-state index contributed by atoms with van der Waals surface area (Å²) >= 11 is 4.45. The van der Waals surface area contributed by atoms with Crippen molar-refractivity contribution in [1.29, 1.82) is 0 Å². The largest absolute Gasteiger partial charge is 0.508 e. The fourth-order valence-electron chi connectivity index (χ4n) is 2.74. The molecule has 0 spiro atoms. The molecule has 3 aromatic rings. The van der Waals surface area contributed by atoms with Gasteiger partial charge in [0.2, 0.25) is 0 Å². The first-order valence-corrected chi connectivity index (χ1v) is 8.10. The monoisotopic (exact) mass is 341 g/mol. The molecular formula is C18H19N3O2S. The number of thiol groups is 1. The first-order chi connectivity index (χ1) is 11.5. The van der Waals surface area contributed by atoms with Crippen molar-refractivity contribution in [2.24, 2.45) is 0 Å². The highest BCUT2D eigenvalue weighted by Gasteiger charge is 2.19. The Kier molecular flexibility index (Phi) is 4.40. The van der Waals surface area contributed by atoms with Gasteiger partial charge in [-0.3, -0.25) is 5.10 Å². The van der Waals surface area contributed by atoms with Gasteiger partial charge in [-0.1, -0.05) is 19.1 Å². The summed E-state index contributed by atoms with van der Waals surface area (Å²) in [6, 6.07) is 11.0. The van der Waals surface area contributed by atoms with E-state index < -0.39 is 0 Å². The maximum absolute atomic E-state index is 10.3. The van der Waals surface area contributed by atoms with Gasteiger partial charge in [-0.15, -0.1) is 12.6 Å². The number of aromatic amines is 1. The molecule has 2 aromatic carbocycles. The number of anilines is 1. The van der Waals surface area contributed by atoms with E-state index in [1.807, 2.05) is 38.2 Å². The van der Waals surface area contributed by atoms with E-state index in [0.29, 0.717) is 22.7 Å². The predicted molar refractivity (Wildman–Crippen MR) is 99.0 cm³/mol. The fraction of sp³-hybridized carbons (Fsp3) is 0.167. The van der Waals surface area contributed by atoms with Gasteiger partial charge in [0.15, 0.2) is 0 Å². The van der Waals surface area contributed by atoms with Gasteiger partial charge in [0.1, 0.15) is 16.5 Å². The number of phenolic OH excluding ortho intramolecular Hbond substituents is 2. The molecule has 0 aliphatic carbocycles. The van der Waals surface area contributed by atoms with Crippen molar-refractivity contribution in [3.8, 4) is 33.9 Å². The Morgan fingerprint density at radius 3 is 2.67 bits per heavy atom. The molecule has 0 aliphatic rings. The third-order valence-corrected chi connectivity index (χ3v) is 4.36. The van der Waals surface area contributed by atoms with Crippen LogP contribution in [0.3, 0.4) is 0 Å². The summed E-state index contributed by atoms with van der Waals surface area (Å²) in [4.78, 5) is 0. The molecule has 3 rings (SSSR count). The van der Waals surface area contributed by atoms with Gasteiger partial charge in [0.05, 0.1) is 5.69 Å². The number of aromatic nitrogens is 2. The van der Waals surface area contributed by atoms with Crippen LogP contribution in [0.15, 0.2) is 41.4 Å². The summed E-state index contributed by atoms with van der Waals surface area (Å²) in [6.07, 6.45) is 0.658. The van der Waals surface area contributed by atoms with Crippen molar-refractivity contribution in [2.45, 2.75) is 18.4 Å². The molecule has 0 amide bonds. The van der Waals surface area contributed by atoms with Gasteiger partial charge in [-0.2, -0.15) is 5.10 Å². The van der Waals surface area contributed by atoms with Gasteiger partial charge >= 0.3 is 0 Å². The lowest BCUT2D eigenvalue weighted by Crippen LogP contribution is -1.90. The number of benzene rings is 2. The van der Waals surface area contributed by atoms with Gasteiger partial charge in [-0.05, 0) is 35.7 Å². The lowest BCUT2D eigenvalue weighted by atomic mass is 9.98. The summed E-state index contributed by atoms with van der Waals surface area (Å²) in [5, 5.41) is 31.0. The molecule has 0 atom stereocenters. The predicted octanol–water partition coefficient (Wildman–Crippen LogP) is 4.05. The Bertz CT molecular complexity index is 890. The van der Waals surface area contributed by atoms with Crippen LogP contribution in [-0.4, -0.2) is 27.5 Å². The Morgan fingerprint density at radius 2 is 1.96 bits per heavy atom.